The number of hydrogen-bond acceptors (Lipinski definition) is 3. The number of nitrogen functional groups attached to an aromatic ring is 1. The number of carbonyl (C=O) groups is 2. The Morgan fingerprint density at radius 2 is 1.75 bits per heavy atom. The molecule has 0 bridgehead atoms. The van der Waals surface area contributed by atoms with Crippen molar-refractivity contribution in [2.75, 3.05) is 5.73 Å². The van der Waals surface area contributed by atoms with E-state index in [4.69, 9.17) is 17.3 Å². The third-order valence-electron chi connectivity index (χ3n) is 3.32. The van der Waals surface area contributed by atoms with Gasteiger partial charge in [0.25, 0.3) is 11.8 Å². The van der Waals surface area contributed by atoms with E-state index >= 15 is 0 Å². The summed E-state index contributed by atoms with van der Waals surface area (Å²) in [5.74, 6) is -0.708. The second kappa shape index (κ2) is 4.65. The van der Waals surface area contributed by atoms with Crippen LogP contribution in [0.2, 0.25) is 5.02 Å². The summed E-state index contributed by atoms with van der Waals surface area (Å²) in [6.45, 7) is 0.144. The average molecular weight is 287 g/mol. The van der Waals surface area contributed by atoms with Crippen LogP contribution in [-0.4, -0.2) is 16.7 Å². The molecule has 1 heterocycles. The van der Waals surface area contributed by atoms with Gasteiger partial charge >= 0.3 is 0 Å². The smallest absolute Gasteiger partial charge is 0.263 e. The first-order chi connectivity index (χ1) is 9.59. The number of halogens is 1. The summed E-state index contributed by atoms with van der Waals surface area (Å²) in [4.78, 5) is 25.8. The minimum atomic E-state index is -0.372. The number of benzene rings is 2. The zero-order chi connectivity index (χ0) is 14.3. The zero-order valence-corrected chi connectivity index (χ0v) is 11.2. The van der Waals surface area contributed by atoms with E-state index in [0.717, 1.165) is 5.56 Å². The predicted octanol–water partition coefficient (Wildman–Crippen LogP) is 2.72. The van der Waals surface area contributed by atoms with E-state index in [9.17, 15) is 9.59 Å². The molecule has 0 atom stereocenters. The molecule has 0 aromatic heterocycles. The molecule has 0 fully saturated rings. The summed E-state index contributed by atoms with van der Waals surface area (Å²) < 4.78 is 0. The van der Waals surface area contributed by atoms with Gasteiger partial charge in [-0.1, -0.05) is 35.9 Å². The minimum absolute atomic E-state index is 0.144. The molecule has 0 radical (unpaired) electrons. The van der Waals surface area contributed by atoms with Crippen LogP contribution in [0.25, 0.3) is 0 Å². The summed E-state index contributed by atoms with van der Waals surface area (Å²) in [7, 11) is 0. The third kappa shape index (κ3) is 1.85. The van der Waals surface area contributed by atoms with Gasteiger partial charge in [-0.2, -0.15) is 0 Å². The third-order valence-corrected chi connectivity index (χ3v) is 3.69. The van der Waals surface area contributed by atoms with Gasteiger partial charge in [0.05, 0.1) is 17.7 Å². The Bertz CT molecular complexity index is 728. The Balaban J connectivity index is 1.99. The van der Waals surface area contributed by atoms with Gasteiger partial charge in [0.1, 0.15) is 0 Å². The summed E-state index contributed by atoms with van der Waals surface area (Å²) in [6, 6.07) is 12.0. The first-order valence-electron chi connectivity index (χ1n) is 6.07. The fraction of sp³-hybridized carbons (Fsp3) is 0.0667. The van der Waals surface area contributed by atoms with Gasteiger partial charge in [-0.3, -0.25) is 14.5 Å². The highest BCUT2D eigenvalue weighted by atomic mass is 35.5. The van der Waals surface area contributed by atoms with E-state index in [1.54, 1.807) is 36.4 Å². The summed E-state index contributed by atoms with van der Waals surface area (Å²) in [5, 5.41) is 0.525. The quantitative estimate of drug-likeness (QED) is 0.682. The number of nitrogens with two attached hydrogens (primary N) is 1. The van der Waals surface area contributed by atoms with E-state index in [0.29, 0.717) is 16.3 Å². The maximum Gasteiger partial charge on any atom is 0.263 e. The van der Waals surface area contributed by atoms with Crippen molar-refractivity contribution in [3.05, 3.63) is 64.2 Å². The maximum atomic E-state index is 12.3. The van der Waals surface area contributed by atoms with Crippen LogP contribution < -0.4 is 5.73 Å². The van der Waals surface area contributed by atoms with Crippen LogP contribution >= 0.6 is 11.6 Å². The van der Waals surface area contributed by atoms with Crippen molar-refractivity contribution in [2.45, 2.75) is 6.54 Å². The summed E-state index contributed by atoms with van der Waals surface area (Å²) in [5.41, 5.74) is 7.46. The molecule has 3 rings (SSSR count). The van der Waals surface area contributed by atoms with Gasteiger partial charge in [0.15, 0.2) is 0 Å². The van der Waals surface area contributed by atoms with E-state index in [-0.39, 0.29) is 23.9 Å². The molecule has 0 aliphatic carbocycles. The molecule has 1 aliphatic heterocycles. The van der Waals surface area contributed by atoms with E-state index in [2.05, 4.69) is 0 Å². The van der Waals surface area contributed by atoms with E-state index < -0.39 is 0 Å². The Hall–Kier alpha value is -2.33. The highest BCUT2D eigenvalue weighted by Gasteiger charge is 2.37. The van der Waals surface area contributed by atoms with E-state index in [1.807, 2.05) is 6.07 Å². The van der Waals surface area contributed by atoms with Gasteiger partial charge in [-0.15, -0.1) is 0 Å². The molecular formula is C15H11ClN2O2. The number of nitrogens with zero attached hydrogens (tertiary/aromatic N) is 1. The van der Waals surface area contributed by atoms with Gasteiger partial charge < -0.3 is 5.73 Å². The molecular weight excluding hydrogens is 276 g/mol. The molecule has 0 saturated heterocycles. The zero-order valence-electron chi connectivity index (χ0n) is 10.5. The lowest BCUT2D eigenvalue weighted by Crippen LogP contribution is -2.29. The molecule has 4 nitrogen and oxygen atoms in total. The topological polar surface area (TPSA) is 63.4 Å². The first kappa shape index (κ1) is 12.7. The molecule has 1 aliphatic rings. The molecule has 100 valence electrons. The van der Waals surface area contributed by atoms with Crippen LogP contribution in [0.4, 0.5) is 5.69 Å². The van der Waals surface area contributed by atoms with Crippen molar-refractivity contribution in [1.29, 1.82) is 0 Å². The molecule has 5 heteroatoms. The number of rotatable bonds is 2. The standard InChI is InChI=1S/C15H11ClN2O2/c16-11-6-2-1-4-9(11)8-18-14(19)10-5-3-7-12(17)13(10)15(18)20/h1-7H,8,17H2. The van der Waals surface area contributed by atoms with Crippen LogP contribution in [0, 0.1) is 0 Å². The van der Waals surface area contributed by atoms with Crippen molar-refractivity contribution >= 4 is 29.1 Å². The Morgan fingerprint density at radius 1 is 1.00 bits per heavy atom. The lowest BCUT2D eigenvalue weighted by molar-refractivity contribution is 0.0643. The second-order valence-corrected chi connectivity index (χ2v) is 4.96. The Morgan fingerprint density at radius 3 is 2.45 bits per heavy atom. The lowest BCUT2D eigenvalue weighted by Gasteiger charge is -2.14. The first-order valence-corrected chi connectivity index (χ1v) is 6.45. The molecule has 2 amide bonds. The normalized spacial score (nSPS) is 13.8. The Labute approximate surface area is 120 Å². The van der Waals surface area contributed by atoms with Gasteiger partial charge in [-0.25, -0.2) is 0 Å². The van der Waals surface area contributed by atoms with Gasteiger partial charge in [0.2, 0.25) is 0 Å². The molecule has 2 aromatic carbocycles. The highest BCUT2D eigenvalue weighted by Crippen LogP contribution is 2.29. The van der Waals surface area contributed by atoms with Crippen LogP contribution in [-0.2, 0) is 6.54 Å². The lowest BCUT2D eigenvalue weighted by atomic mass is 10.1. The average Bonchev–Trinajstić information content (AvgIpc) is 2.67. The van der Waals surface area contributed by atoms with Crippen molar-refractivity contribution in [3.63, 3.8) is 0 Å². The fourth-order valence-electron chi connectivity index (χ4n) is 2.30. The Kier molecular flexibility index (Phi) is 2.95. The summed E-state index contributed by atoms with van der Waals surface area (Å²) in [6.07, 6.45) is 0. The number of imide groups is 1. The largest absolute Gasteiger partial charge is 0.398 e. The fourth-order valence-corrected chi connectivity index (χ4v) is 2.50. The predicted molar refractivity (Wildman–Crippen MR) is 76.5 cm³/mol. The monoisotopic (exact) mass is 286 g/mol. The van der Waals surface area contributed by atoms with Crippen LogP contribution in [0.5, 0.6) is 0 Å². The minimum Gasteiger partial charge on any atom is -0.398 e. The second-order valence-electron chi connectivity index (χ2n) is 4.56. The SMILES string of the molecule is Nc1cccc2c1C(=O)N(Cc1ccccc1Cl)C2=O. The van der Waals surface area contributed by atoms with Gasteiger partial charge in [-0.05, 0) is 23.8 Å². The number of amides is 2. The maximum absolute atomic E-state index is 12.3. The van der Waals surface area contributed by atoms with Crippen molar-refractivity contribution in [3.8, 4) is 0 Å². The number of hydrogen-bond donors (Lipinski definition) is 1. The molecule has 0 unspecified atom stereocenters. The number of fused-ring (bicyclic) bond motifs is 1. The van der Waals surface area contributed by atoms with Crippen molar-refractivity contribution < 1.29 is 9.59 Å². The molecule has 2 aromatic rings. The van der Waals surface area contributed by atoms with Crippen molar-refractivity contribution in [1.82, 2.24) is 4.90 Å². The van der Waals surface area contributed by atoms with Crippen molar-refractivity contribution in [2.24, 2.45) is 0 Å². The number of carbonyl (C=O) groups excluding carboxylic acids is 2. The van der Waals surface area contributed by atoms with E-state index in [1.165, 1.54) is 4.90 Å². The van der Waals surface area contributed by atoms with Crippen LogP contribution in [0.1, 0.15) is 26.3 Å². The highest BCUT2D eigenvalue weighted by molar-refractivity contribution is 6.31. The molecule has 0 saturated carbocycles. The molecule has 0 spiro atoms. The molecule has 20 heavy (non-hydrogen) atoms. The molecule has 2 N–H and O–H groups in total. The van der Waals surface area contributed by atoms with Crippen LogP contribution in [0.3, 0.4) is 0 Å². The summed E-state index contributed by atoms with van der Waals surface area (Å²) >= 11 is 6.07. The van der Waals surface area contributed by atoms with Crippen LogP contribution in [0.15, 0.2) is 42.5 Å². The van der Waals surface area contributed by atoms with Gasteiger partial charge in [0, 0.05) is 10.7 Å². The number of anilines is 1.